The maximum absolute atomic E-state index is 11.8. The highest BCUT2D eigenvalue weighted by Gasteiger charge is 2.08. The molecule has 0 aliphatic heterocycles. The molecule has 2 rings (SSSR count). The number of hydrogen-bond acceptors (Lipinski definition) is 2. The number of carboxylic acids is 1. The number of carbonyl (C=O) groups is 2. The van der Waals surface area contributed by atoms with Gasteiger partial charge in [0.15, 0.2) is 0 Å². The molecule has 0 fully saturated rings. The first-order chi connectivity index (χ1) is 9.04. The monoisotopic (exact) mass is 278 g/mol. The summed E-state index contributed by atoms with van der Waals surface area (Å²) >= 11 is 5.71. The van der Waals surface area contributed by atoms with Crippen molar-refractivity contribution in [2.75, 3.05) is 5.32 Å². The highest BCUT2D eigenvalue weighted by molar-refractivity contribution is 6.31. The molecule has 5 nitrogen and oxygen atoms in total. The second-order valence-electron chi connectivity index (χ2n) is 3.95. The minimum absolute atomic E-state index is 0.0412. The summed E-state index contributed by atoms with van der Waals surface area (Å²) in [5.41, 5.74) is 1.62. The van der Waals surface area contributed by atoms with Crippen LogP contribution in [0.5, 0.6) is 0 Å². The molecule has 2 aromatic rings. The Morgan fingerprint density at radius 3 is 2.47 bits per heavy atom. The molecule has 0 aliphatic rings. The van der Waals surface area contributed by atoms with E-state index in [9.17, 15) is 9.59 Å². The number of rotatable bonds is 4. The van der Waals surface area contributed by atoms with Gasteiger partial charge in [-0.05, 0) is 23.8 Å². The molecule has 6 heteroatoms. The van der Waals surface area contributed by atoms with Crippen LogP contribution in [0.2, 0.25) is 5.02 Å². The molecule has 0 spiro atoms. The van der Waals surface area contributed by atoms with Crippen LogP contribution in [0.15, 0.2) is 36.5 Å². The summed E-state index contributed by atoms with van der Waals surface area (Å²) in [6, 6.07) is 8.15. The number of amides is 1. The zero-order valence-electron chi connectivity index (χ0n) is 9.81. The molecule has 1 aromatic heterocycles. The lowest BCUT2D eigenvalue weighted by atomic mass is 10.1. The minimum Gasteiger partial charge on any atom is -0.481 e. The van der Waals surface area contributed by atoms with E-state index in [0.717, 1.165) is 0 Å². The van der Waals surface area contributed by atoms with Crippen LogP contribution in [0, 0.1) is 0 Å². The number of halogens is 1. The van der Waals surface area contributed by atoms with E-state index in [1.807, 2.05) is 0 Å². The van der Waals surface area contributed by atoms with Crippen LogP contribution in [0.3, 0.4) is 0 Å². The number of benzene rings is 1. The maximum Gasteiger partial charge on any atom is 0.307 e. The Hall–Kier alpha value is -2.27. The van der Waals surface area contributed by atoms with Crippen molar-refractivity contribution in [3.8, 4) is 0 Å². The van der Waals surface area contributed by atoms with E-state index in [0.29, 0.717) is 22.0 Å². The Morgan fingerprint density at radius 2 is 1.95 bits per heavy atom. The van der Waals surface area contributed by atoms with Gasteiger partial charge in [0.2, 0.25) is 0 Å². The van der Waals surface area contributed by atoms with Crippen molar-refractivity contribution in [3.05, 3.63) is 52.8 Å². The van der Waals surface area contributed by atoms with E-state index in [-0.39, 0.29) is 12.3 Å². The normalized spacial score (nSPS) is 10.2. The molecule has 1 aromatic carbocycles. The number of aromatic nitrogens is 1. The van der Waals surface area contributed by atoms with Gasteiger partial charge in [-0.25, -0.2) is 0 Å². The van der Waals surface area contributed by atoms with Crippen molar-refractivity contribution >= 4 is 29.2 Å². The van der Waals surface area contributed by atoms with E-state index in [4.69, 9.17) is 16.7 Å². The van der Waals surface area contributed by atoms with Crippen molar-refractivity contribution in [2.24, 2.45) is 0 Å². The van der Waals surface area contributed by atoms with Crippen LogP contribution in [-0.2, 0) is 11.2 Å². The third-order valence-electron chi connectivity index (χ3n) is 2.46. The zero-order chi connectivity index (χ0) is 13.8. The molecule has 3 N–H and O–H groups in total. The van der Waals surface area contributed by atoms with Crippen molar-refractivity contribution in [1.29, 1.82) is 0 Å². The summed E-state index contributed by atoms with van der Waals surface area (Å²) in [6.45, 7) is 0. The van der Waals surface area contributed by atoms with Gasteiger partial charge in [-0.3, -0.25) is 9.59 Å². The molecule has 0 unspecified atom stereocenters. The molecule has 0 atom stereocenters. The smallest absolute Gasteiger partial charge is 0.307 e. The van der Waals surface area contributed by atoms with Gasteiger partial charge in [0.25, 0.3) is 5.91 Å². The molecule has 1 heterocycles. The van der Waals surface area contributed by atoms with E-state index in [2.05, 4.69) is 10.3 Å². The largest absolute Gasteiger partial charge is 0.481 e. The Balaban J connectivity index is 2.03. The molecule has 19 heavy (non-hydrogen) atoms. The quantitative estimate of drug-likeness (QED) is 0.804. The number of anilines is 1. The molecule has 0 radical (unpaired) electrons. The Bertz CT molecular complexity index is 605. The predicted molar refractivity (Wildman–Crippen MR) is 71.5 cm³/mol. The summed E-state index contributed by atoms with van der Waals surface area (Å²) in [4.78, 5) is 25.1. The minimum atomic E-state index is -0.891. The molecule has 0 saturated heterocycles. The van der Waals surface area contributed by atoms with Gasteiger partial charge in [-0.2, -0.15) is 0 Å². The van der Waals surface area contributed by atoms with Crippen LogP contribution in [-0.4, -0.2) is 22.0 Å². The van der Waals surface area contributed by atoms with Gasteiger partial charge in [0.1, 0.15) is 5.69 Å². The number of aliphatic carboxylic acids is 1. The van der Waals surface area contributed by atoms with Gasteiger partial charge in [0.05, 0.1) is 11.4 Å². The van der Waals surface area contributed by atoms with Crippen LogP contribution in [0.1, 0.15) is 16.1 Å². The first-order valence-corrected chi connectivity index (χ1v) is 5.88. The van der Waals surface area contributed by atoms with Crippen LogP contribution in [0.25, 0.3) is 0 Å². The van der Waals surface area contributed by atoms with Crippen LogP contribution < -0.4 is 5.32 Å². The number of hydrogen-bond donors (Lipinski definition) is 3. The predicted octanol–water partition coefficient (Wildman–Crippen LogP) is 2.55. The second kappa shape index (κ2) is 5.58. The Morgan fingerprint density at radius 1 is 1.26 bits per heavy atom. The Kier molecular flexibility index (Phi) is 3.87. The van der Waals surface area contributed by atoms with Gasteiger partial charge >= 0.3 is 5.97 Å². The number of carboxylic acid groups (broad SMARTS) is 1. The molecule has 98 valence electrons. The first kappa shape index (κ1) is 13.2. The average molecular weight is 279 g/mol. The molecular weight excluding hydrogens is 268 g/mol. The lowest BCUT2D eigenvalue weighted by Gasteiger charge is -2.04. The molecule has 0 bridgehead atoms. The fourth-order valence-electron chi connectivity index (χ4n) is 1.58. The molecule has 0 saturated carbocycles. The maximum atomic E-state index is 11.8. The summed E-state index contributed by atoms with van der Waals surface area (Å²) in [6.07, 6.45) is 1.48. The van der Waals surface area contributed by atoms with Crippen LogP contribution in [0.4, 0.5) is 5.69 Å². The van der Waals surface area contributed by atoms with Crippen molar-refractivity contribution in [1.82, 2.24) is 4.98 Å². The fraction of sp³-hybridized carbons (Fsp3) is 0.0769. The number of aromatic amines is 1. The van der Waals surface area contributed by atoms with Gasteiger partial charge in [0, 0.05) is 11.9 Å². The molecular formula is C13H11ClN2O3. The summed E-state index contributed by atoms with van der Waals surface area (Å²) in [7, 11) is 0. The van der Waals surface area contributed by atoms with Gasteiger partial charge < -0.3 is 15.4 Å². The zero-order valence-corrected chi connectivity index (χ0v) is 10.6. The average Bonchev–Trinajstić information content (AvgIpc) is 2.78. The first-order valence-electron chi connectivity index (χ1n) is 5.50. The summed E-state index contributed by atoms with van der Waals surface area (Å²) in [5, 5.41) is 11.8. The number of nitrogens with one attached hydrogen (secondary N) is 2. The van der Waals surface area contributed by atoms with Crippen molar-refractivity contribution in [2.45, 2.75) is 6.42 Å². The van der Waals surface area contributed by atoms with E-state index in [1.54, 1.807) is 24.3 Å². The van der Waals surface area contributed by atoms with Crippen molar-refractivity contribution < 1.29 is 14.7 Å². The SMILES string of the molecule is O=C(O)Cc1ccc(NC(=O)c2cc(Cl)c[nH]2)cc1. The summed E-state index contributed by atoms with van der Waals surface area (Å²) in [5.74, 6) is -1.20. The summed E-state index contributed by atoms with van der Waals surface area (Å²) < 4.78 is 0. The Labute approximate surface area is 114 Å². The van der Waals surface area contributed by atoms with Gasteiger partial charge in [-0.15, -0.1) is 0 Å². The second-order valence-corrected chi connectivity index (χ2v) is 4.39. The van der Waals surface area contributed by atoms with Crippen LogP contribution >= 0.6 is 11.6 Å². The lowest BCUT2D eigenvalue weighted by Crippen LogP contribution is -2.12. The third kappa shape index (κ3) is 3.59. The molecule has 0 aliphatic carbocycles. The van der Waals surface area contributed by atoms with E-state index >= 15 is 0 Å². The van der Waals surface area contributed by atoms with E-state index < -0.39 is 5.97 Å². The van der Waals surface area contributed by atoms with Crippen molar-refractivity contribution in [3.63, 3.8) is 0 Å². The fourth-order valence-corrected chi connectivity index (χ4v) is 1.74. The topological polar surface area (TPSA) is 82.2 Å². The highest BCUT2D eigenvalue weighted by atomic mass is 35.5. The van der Waals surface area contributed by atoms with Gasteiger partial charge in [-0.1, -0.05) is 23.7 Å². The third-order valence-corrected chi connectivity index (χ3v) is 2.68. The van der Waals surface area contributed by atoms with E-state index in [1.165, 1.54) is 12.3 Å². The standard InChI is InChI=1S/C13H11ClN2O3/c14-9-6-11(15-7-9)13(19)16-10-3-1-8(2-4-10)5-12(17)18/h1-4,6-7,15H,5H2,(H,16,19)(H,17,18). The molecule has 1 amide bonds. The number of carbonyl (C=O) groups excluding carboxylic acids is 1. The number of H-pyrrole nitrogens is 1. The highest BCUT2D eigenvalue weighted by Crippen LogP contribution is 2.14. The lowest BCUT2D eigenvalue weighted by molar-refractivity contribution is -0.136.